The molecule has 0 radical (unpaired) electrons. The Balaban J connectivity index is 1.68. The summed E-state index contributed by atoms with van der Waals surface area (Å²) in [6.45, 7) is 1.67. The number of alkyl halides is 3. The highest BCUT2D eigenvalue weighted by Gasteiger charge is 2.32. The van der Waals surface area contributed by atoms with Crippen LogP contribution in [0.1, 0.15) is 41.1 Å². The van der Waals surface area contributed by atoms with Crippen molar-refractivity contribution in [1.29, 1.82) is 0 Å². The molecule has 3 rings (SSSR count). The molecule has 0 fully saturated rings. The van der Waals surface area contributed by atoms with Crippen LogP contribution in [0.3, 0.4) is 0 Å². The average Bonchev–Trinajstić information content (AvgIpc) is 2.90. The molecule has 1 aliphatic rings. The fourth-order valence-corrected chi connectivity index (χ4v) is 3.19. The van der Waals surface area contributed by atoms with Crippen LogP contribution in [0.5, 0.6) is 0 Å². The van der Waals surface area contributed by atoms with Crippen molar-refractivity contribution in [1.82, 2.24) is 5.32 Å². The van der Waals surface area contributed by atoms with E-state index >= 15 is 0 Å². The molecule has 0 spiro atoms. The number of hydrogen-bond acceptors (Lipinski definition) is 2. The van der Waals surface area contributed by atoms with Crippen molar-refractivity contribution in [3.8, 4) is 0 Å². The molecule has 1 aliphatic carbocycles. The third-order valence-electron chi connectivity index (χ3n) is 4.75. The van der Waals surface area contributed by atoms with Crippen LogP contribution in [0.15, 0.2) is 48.5 Å². The number of amides is 1. The van der Waals surface area contributed by atoms with E-state index in [1.807, 2.05) is 24.3 Å². The summed E-state index contributed by atoms with van der Waals surface area (Å²) in [6.07, 6.45) is -3.73. The number of hydrogen-bond donors (Lipinski definition) is 2. The Bertz CT molecular complexity index is 771. The lowest BCUT2D eigenvalue weighted by atomic mass is 9.98. The summed E-state index contributed by atoms with van der Waals surface area (Å²) in [5, 5.41) is 2.93. The Morgan fingerprint density at radius 2 is 1.80 bits per heavy atom. The van der Waals surface area contributed by atoms with Gasteiger partial charge in [0, 0.05) is 0 Å². The lowest BCUT2D eigenvalue weighted by Crippen LogP contribution is -2.42. The van der Waals surface area contributed by atoms with Gasteiger partial charge in [-0.3, -0.25) is 4.79 Å². The molecule has 1 amide bonds. The second kappa shape index (κ2) is 6.52. The summed E-state index contributed by atoms with van der Waals surface area (Å²) >= 11 is 0. The Kier molecular flexibility index (Phi) is 4.56. The quantitative estimate of drug-likeness (QED) is 0.891. The molecule has 2 aromatic carbocycles. The Labute approximate surface area is 144 Å². The van der Waals surface area contributed by atoms with E-state index in [9.17, 15) is 18.0 Å². The first-order valence-electron chi connectivity index (χ1n) is 8.08. The van der Waals surface area contributed by atoms with Crippen LogP contribution in [0, 0.1) is 0 Å². The molecule has 0 aromatic heterocycles. The van der Waals surface area contributed by atoms with Crippen LogP contribution in [-0.4, -0.2) is 11.9 Å². The summed E-state index contributed by atoms with van der Waals surface area (Å²) in [4.78, 5) is 12.5. The van der Waals surface area contributed by atoms with Gasteiger partial charge in [-0.05, 0) is 42.2 Å². The maximum Gasteiger partial charge on any atom is 0.416 e. The molecule has 0 bridgehead atoms. The fourth-order valence-electron chi connectivity index (χ4n) is 3.19. The number of nitrogens with two attached hydrogens (primary N) is 1. The molecule has 0 saturated heterocycles. The first-order valence-corrected chi connectivity index (χ1v) is 8.08. The summed E-state index contributed by atoms with van der Waals surface area (Å²) in [7, 11) is 0. The molecule has 6 heteroatoms. The number of fused-ring (bicyclic) bond motifs is 1. The van der Waals surface area contributed by atoms with E-state index < -0.39 is 17.7 Å². The van der Waals surface area contributed by atoms with Crippen molar-refractivity contribution < 1.29 is 18.0 Å². The number of carbonyl (C=O) groups excluding carboxylic acids is 1. The number of rotatable bonds is 3. The minimum absolute atomic E-state index is 0.207. The molecule has 0 heterocycles. The predicted molar refractivity (Wildman–Crippen MR) is 88.9 cm³/mol. The van der Waals surface area contributed by atoms with Gasteiger partial charge in [0.15, 0.2) is 0 Å². The van der Waals surface area contributed by atoms with E-state index in [2.05, 4.69) is 5.32 Å². The van der Waals surface area contributed by atoms with Crippen LogP contribution < -0.4 is 11.1 Å². The largest absolute Gasteiger partial charge is 0.416 e. The normalized spacial score (nSPS) is 20.8. The molecular weight excluding hydrogens is 329 g/mol. The van der Waals surface area contributed by atoms with Gasteiger partial charge in [0.05, 0.1) is 23.6 Å². The molecule has 3 N–H and O–H groups in total. The molecule has 2 aromatic rings. The van der Waals surface area contributed by atoms with Crippen LogP contribution in [0.25, 0.3) is 0 Å². The summed E-state index contributed by atoms with van der Waals surface area (Å²) in [5.74, 6) is -0.800. The zero-order valence-electron chi connectivity index (χ0n) is 13.7. The summed E-state index contributed by atoms with van der Waals surface area (Å²) in [6, 6.07) is 12.0. The van der Waals surface area contributed by atoms with Crippen molar-refractivity contribution >= 4 is 5.91 Å². The predicted octanol–water partition coefficient (Wildman–Crippen LogP) is 3.55. The van der Waals surface area contributed by atoms with Gasteiger partial charge in [-0.1, -0.05) is 36.4 Å². The van der Waals surface area contributed by atoms with Crippen molar-refractivity contribution in [2.45, 2.75) is 37.5 Å². The van der Waals surface area contributed by atoms with E-state index in [1.54, 1.807) is 6.92 Å². The van der Waals surface area contributed by atoms with Crippen molar-refractivity contribution in [3.05, 3.63) is 70.8 Å². The zero-order valence-corrected chi connectivity index (χ0v) is 13.7. The Morgan fingerprint density at radius 3 is 2.40 bits per heavy atom. The van der Waals surface area contributed by atoms with E-state index in [0.29, 0.717) is 12.0 Å². The van der Waals surface area contributed by atoms with Crippen molar-refractivity contribution in [2.24, 2.45) is 5.73 Å². The van der Waals surface area contributed by atoms with Crippen LogP contribution >= 0.6 is 0 Å². The van der Waals surface area contributed by atoms with Crippen molar-refractivity contribution in [3.63, 3.8) is 0 Å². The topological polar surface area (TPSA) is 55.1 Å². The number of nitrogens with one attached hydrogen (secondary N) is 1. The third kappa shape index (κ3) is 3.54. The van der Waals surface area contributed by atoms with Crippen molar-refractivity contribution in [2.75, 3.05) is 0 Å². The SMILES string of the molecule is CC(C(=O)N[C@H]1Cc2ccccc2[C@@H]1N)c1ccc(C(F)(F)F)cc1. The third-order valence-corrected chi connectivity index (χ3v) is 4.75. The highest BCUT2D eigenvalue weighted by molar-refractivity contribution is 5.83. The van der Waals surface area contributed by atoms with Gasteiger partial charge in [0.2, 0.25) is 5.91 Å². The van der Waals surface area contributed by atoms with Gasteiger partial charge in [-0.2, -0.15) is 13.2 Å². The van der Waals surface area contributed by atoms with Gasteiger partial charge in [0.1, 0.15) is 0 Å². The second-order valence-corrected chi connectivity index (χ2v) is 6.39. The highest BCUT2D eigenvalue weighted by atomic mass is 19.4. The van der Waals surface area contributed by atoms with Gasteiger partial charge >= 0.3 is 6.18 Å². The maximum atomic E-state index is 12.6. The molecule has 0 saturated carbocycles. The molecular formula is C19H19F3N2O. The molecule has 0 aliphatic heterocycles. The first-order chi connectivity index (χ1) is 11.8. The second-order valence-electron chi connectivity index (χ2n) is 6.39. The lowest BCUT2D eigenvalue weighted by molar-refractivity contribution is -0.137. The smallest absolute Gasteiger partial charge is 0.351 e. The minimum Gasteiger partial charge on any atom is -0.351 e. The van der Waals surface area contributed by atoms with Crippen LogP contribution in [-0.2, 0) is 17.4 Å². The molecule has 3 nitrogen and oxygen atoms in total. The molecule has 25 heavy (non-hydrogen) atoms. The van der Waals surface area contributed by atoms with E-state index in [1.165, 1.54) is 12.1 Å². The van der Waals surface area contributed by atoms with Crippen LogP contribution in [0.4, 0.5) is 13.2 Å². The highest BCUT2D eigenvalue weighted by Crippen LogP contribution is 2.31. The lowest BCUT2D eigenvalue weighted by Gasteiger charge is -2.21. The Morgan fingerprint density at radius 1 is 1.16 bits per heavy atom. The van der Waals surface area contributed by atoms with E-state index in [0.717, 1.165) is 23.3 Å². The van der Waals surface area contributed by atoms with E-state index in [-0.39, 0.29) is 18.0 Å². The van der Waals surface area contributed by atoms with Gasteiger partial charge in [-0.15, -0.1) is 0 Å². The molecule has 132 valence electrons. The summed E-state index contributed by atoms with van der Waals surface area (Å²) < 4.78 is 37.9. The maximum absolute atomic E-state index is 12.6. The fraction of sp³-hybridized carbons (Fsp3) is 0.316. The summed E-state index contributed by atoms with van der Waals surface area (Å²) in [5.41, 5.74) is 8.15. The van der Waals surface area contributed by atoms with Gasteiger partial charge < -0.3 is 11.1 Å². The number of benzene rings is 2. The monoisotopic (exact) mass is 348 g/mol. The standard InChI is InChI=1S/C19H19F3N2O/c1-11(12-6-8-14(9-7-12)19(20,21)22)18(25)24-16-10-13-4-2-3-5-15(13)17(16)23/h2-9,11,16-17H,10,23H2,1H3,(H,24,25)/t11?,16-,17-/m0/s1. The Hall–Kier alpha value is -2.34. The number of carbonyl (C=O) groups is 1. The van der Waals surface area contributed by atoms with E-state index in [4.69, 9.17) is 5.73 Å². The zero-order chi connectivity index (χ0) is 18.2. The molecule has 1 unspecified atom stereocenters. The minimum atomic E-state index is -4.38. The van der Waals surface area contributed by atoms with Gasteiger partial charge in [-0.25, -0.2) is 0 Å². The van der Waals surface area contributed by atoms with Crippen LogP contribution in [0.2, 0.25) is 0 Å². The first kappa shape index (κ1) is 17.5. The van der Waals surface area contributed by atoms with Gasteiger partial charge in [0.25, 0.3) is 0 Å². The number of halogens is 3. The average molecular weight is 348 g/mol. The molecule has 3 atom stereocenters.